The van der Waals surface area contributed by atoms with Gasteiger partial charge in [-0.15, -0.1) is 0 Å². The zero-order valence-corrected chi connectivity index (χ0v) is 12.9. The molecule has 18 heavy (non-hydrogen) atoms. The fraction of sp³-hybridized carbons (Fsp3) is 0.933. The number of rotatable bonds is 9. The molecular weight excluding hydrogens is 226 g/mol. The molecule has 0 fully saturated rings. The summed E-state index contributed by atoms with van der Waals surface area (Å²) < 4.78 is 5.26. The maximum atomic E-state index is 11.4. The van der Waals surface area contributed by atoms with E-state index < -0.39 is 0 Å². The molecule has 0 N–H and O–H groups in total. The Morgan fingerprint density at radius 3 is 1.94 bits per heavy atom. The molecule has 0 aliphatic heterocycles. The molecule has 0 aromatic rings. The zero-order chi connectivity index (χ0) is 14.0. The van der Waals surface area contributed by atoms with Gasteiger partial charge in [-0.1, -0.05) is 25.7 Å². The fourth-order valence-electron chi connectivity index (χ4n) is 1.80. The first kappa shape index (κ1) is 17.4. The highest BCUT2D eigenvalue weighted by atomic mass is 16.6. The highest BCUT2D eigenvalue weighted by molar-refractivity contribution is 5.69. The maximum Gasteiger partial charge on any atom is 0.306 e. The monoisotopic (exact) mass is 257 g/mol. The van der Waals surface area contributed by atoms with Gasteiger partial charge in [0.15, 0.2) is 0 Å². The largest absolute Gasteiger partial charge is 0.460 e. The lowest BCUT2D eigenvalue weighted by atomic mass is 10.1. The lowest BCUT2D eigenvalue weighted by molar-refractivity contribution is -0.154. The van der Waals surface area contributed by atoms with E-state index in [1.807, 2.05) is 20.8 Å². The molecule has 0 rings (SSSR count). The third-order valence-corrected chi connectivity index (χ3v) is 2.66. The number of ether oxygens (including phenoxy) is 1. The van der Waals surface area contributed by atoms with Crippen LogP contribution >= 0.6 is 0 Å². The van der Waals surface area contributed by atoms with Crippen LogP contribution in [0.2, 0.25) is 0 Å². The van der Waals surface area contributed by atoms with Gasteiger partial charge in [0.25, 0.3) is 0 Å². The van der Waals surface area contributed by atoms with Crippen LogP contribution in [-0.2, 0) is 9.53 Å². The van der Waals surface area contributed by atoms with Crippen molar-refractivity contribution in [3.8, 4) is 0 Å². The van der Waals surface area contributed by atoms with E-state index in [9.17, 15) is 4.79 Å². The summed E-state index contributed by atoms with van der Waals surface area (Å²) in [5.41, 5.74) is -0.344. The van der Waals surface area contributed by atoms with Crippen LogP contribution in [0.3, 0.4) is 0 Å². The summed E-state index contributed by atoms with van der Waals surface area (Å²) in [5, 5.41) is 0. The van der Waals surface area contributed by atoms with Crippen molar-refractivity contribution in [2.45, 2.75) is 71.3 Å². The van der Waals surface area contributed by atoms with Crippen LogP contribution in [0.4, 0.5) is 0 Å². The van der Waals surface area contributed by atoms with Crippen molar-refractivity contribution in [2.24, 2.45) is 0 Å². The number of hydrogen-bond acceptors (Lipinski definition) is 3. The van der Waals surface area contributed by atoms with Gasteiger partial charge in [0.05, 0.1) is 0 Å². The second-order valence-corrected chi connectivity index (χ2v) is 6.26. The van der Waals surface area contributed by atoms with Gasteiger partial charge in [-0.3, -0.25) is 4.79 Å². The van der Waals surface area contributed by atoms with E-state index in [-0.39, 0.29) is 11.6 Å². The van der Waals surface area contributed by atoms with E-state index in [0.29, 0.717) is 6.42 Å². The minimum atomic E-state index is -0.344. The molecule has 0 atom stereocenters. The summed E-state index contributed by atoms with van der Waals surface area (Å²) in [6.45, 7) is 6.92. The number of carbonyl (C=O) groups excluding carboxylic acids is 1. The molecule has 0 aliphatic carbocycles. The predicted octanol–water partition coefficient (Wildman–Crippen LogP) is 3.62. The van der Waals surface area contributed by atoms with Gasteiger partial charge in [-0.2, -0.15) is 0 Å². The first-order chi connectivity index (χ1) is 8.31. The van der Waals surface area contributed by atoms with Gasteiger partial charge in [0.2, 0.25) is 0 Å². The van der Waals surface area contributed by atoms with E-state index >= 15 is 0 Å². The number of unbranched alkanes of at least 4 members (excludes halogenated alkanes) is 5. The Morgan fingerprint density at radius 1 is 0.944 bits per heavy atom. The molecule has 0 aromatic carbocycles. The molecular formula is C15H31NO2. The molecule has 0 amide bonds. The Bertz CT molecular complexity index is 219. The Labute approximate surface area is 113 Å². The van der Waals surface area contributed by atoms with Crippen LogP contribution in [0.15, 0.2) is 0 Å². The molecule has 3 nitrogen and oxygen atoms in total. The van der Waals surface area contributed by atoms with Crippen LogP contribution in [0, 0.1) is 0 Å². The molecule has 0 aromatic heterocycles. The third kappa shape index (κ3) is 13.5. The summed E-state index contributed by atoms with van der Waals surface area (Å²) >= 11 is 0. The van der Waals surface area contributed by atoms with Gasteiger partial charge in [-0.25, -0.2) is 0 Å². The number of esters is 1. The van der Waals surface area contributed by atoms with Gasteiger partial charge in [0, 0.05) is 6.42 Å². The van der Waals surface area contributed by atoms with Crippen molar-refractivity contribution in [3.63, 3.8) is 0 Å². The number of nitrogens with zero attached hydrogens (tertiary/aromatic N) is 1. The van der Waals surface area contributed by atoms with E-state index in [1.54, 1.807) is 0 Å². The highest BCUT2D eigenvalue weighted by Gasteiger charge is 2.15. The van der Waals surface area contributed by atoms with Crippen molar-refractivity contribution in [2.75, 3.05) is 20.6 Å². The molecule has 0 saturated heterocycles. The lowest BCUT2D eigenvalue weighted by Gasteiger charge is -2.19. The average Bonchev–Trinajstić information content (AvgIpc) is 2.18. The summed E-state index contributed by atoms with van der Waals surface area (Å²) in [4.78, 5) is 13.7. The van der Waals surface area contributed by atoms with E-state index in [0.717, 1.165) is 12.8 Å². The van der Waals surface area contributed by atoms with Crippen molar-refractivity contribution in [1.82, 2.24) is 4.90 Å². The maximum absolute atomic E-state index is 11.4. The van der Waals surface area contributed by atoms with E-state index in [4.69, 9.17) is 4.74 Å². The molecule has 0 bridgehead atoms. The Hall–Kier alpha value is -0.570. The standard InChI is InChI=1S/C15H31NO2/c1-15(2,3)18-14(17)12-10-8-6-7-9-11-13-16(4)5/h6-13H2,1-5H3. The minimum Gasteiger partial charge on any atom is -0.460 e. The van der Waals surface area contributed by atoms with Gasteiger partial charge < -0.3 is 9.64 Å². The van der Waals surface area contributed by atoms with Crippen LogP contribution in [0.25, 0.3) is 0 Å². The Balaban J connectivity index is 3.28. The van der Waals surface area contributed by atoms with Crippen molar-refractivity contribution in [3.05, 3.63) is 0 Å². The molecule has 0 unspecified atom stereocenters. The molecule has 3 heteroatoms. The summed E-state index contributed by atoms with van der Waals surface area (Å²) in [7, 11) is 4.22. The SMILES string of the molecule is CN(C)CCCCCCCCC(=O)OC(C)(C)C. The molecule has 0 spiro atoms. The van der Waals surface area contributed by atoms with Crippen LogP contribution in [0.1, 0.15) is 65.7 Å². The second kappa shape index (κ2) is 9.37. The van der Waals surface area contributed by atoms with Crippen molar-refractivity contribution >= 4 is 5.97 Å². The number of carbonyl (C=O) groups is 1. The van der Waals surface area contributed by atoms with Crippen LogP contribution < -0.4 is 0 Å². The van der Waals surface area contributed by atoms with Crippen LogP contribution in [-0.4, -0.2) is 37.1 Å². The van der Waals surface area contributed by atoms with E-state index in [1.165, 1.54) is 32.2 Å². The van der Waals surface area contributed by atoms with Crippen molar-refractivity contribution in [1.29, 1.82) is 0 Å². The summed E-state index contributed by atoms with van der Waals surface area (Å²) in [6.07, 6.45) is 7.75. The smallest absolute Gasteiger partial charge is 0.306 e. The summed E-state index contributed by atoms with van der Waals surface area (Å²) in [6, 6.07) is 0. The van der Waals surface area contributed by atoms with Crippen LogP contribution in [0.5, 0.6) is 0 Å². The zero-order valence-electron chi connectivity index (χ0n) is 12.9. The van der Waals surface area contributed by atoms with Gasteiger partial charge in [-0.05, 0) is 54.3 Å². The number of hydrogen-bond donors (Lipinski definition) is 0. The Morgan fingerprint density at radius 2 is 1.44 bits per heavy atom. The topological polar surface area (TPSA) is 29.5 Å². The highest BCUT2D eigenvalue weighted by Crippen LogP contribution is 2.12. The van der Waals surface area contributed by atoms with Gasteiger partial charge in [0.1, 0.15) is 5.60 Å². The minimum absolute atomic E-state index is 0.0601. The second-order valence-electron chi connectivity index (χ2n) is 6.26. The lowest BCUT2D eigenvalue weighted by Crippen LogP contribution is -2.23. The molecule has 108 valence electrons. The fourth-order valence-corrected chi connectivity index (χ4v) is 1.80. The quantitative estimate of drug-likeness (QED) is 0.467. The Kier molecular flexibility index (Phi) is 9.08. The molecule has 0 heterocycles. The third-order valence-electron chi connectivity index (χ3n) is 2.66. The van der Waals surface area contributed by atoms with Gasteiger partial charge >= 0.3 is 5.97 Å². The molecule has 0 saturated carbocycles. The first-order valence-corrected chi connectivity index (χ1v) is 7.18. The molecule has 0 aliphatic rings. The normalized spacial score (nSPS) is 11.9. The average molecular weight is 257 g/mol. The first-order valence-electron chi connectivity index (χ1n) is 7.18. The summed E-state index contributed by atoms with van der Waals surface area (Å²) in [5.74, 6) is -0.0601. The van der Waals surface area contributed by atoms with Crippen molar-refractivity contribution < 1.29 is 9.53 Å². The predicted molar refractivity (Wildman–Crippen MR) is 76.7 cm³/mol. The molecule has 0 radical (unpaired) electrons. The van der Waals surface area contributed by atoms with E-state index in [2.05, 4.69) is 19.0 Å².